The van der Waals surface area contributed by atoms with Gasteiger partial charge in [-0.25, -0.2) is 0 Å². The van der Waals surface area contributed by atoms with Crippen LogP contribution in [0.4, 0.5) is 0 Å². The van der Waals surface area contributed by atoms with Crippen LogP contribution >= 0.6 is 0 Å². The molecule has 1 N–H and O–H groups in total. The first-order valence-corrected chi connectivity index (χ1v) is 4.56. The summed E-state index contributed by atoms with van der Waals surface area (Å²) in [6.07, 6.45) is 1.11. The smallest absolute Gasteiger partial charge is 0.0477 e. The van der Waals surface area contributed by atoms with E-state index in [0.29, 0.717) is 6.04 Å². The van der Waals surface area contributed by atoms with Gasteiger partial charge in [0.05, 0.1) is 0 Å². The van der Waals surface area contributed by atoms with Gasteiger partial charge < -0.3 is 15.0 Å². The van der Waals surface area contributed by atoms with E-state index in [1.165, 1.54) is 0 Å². The van der Waals surface area contributed by atoms with Crippen molar-refractivity contribution in [3.63, 3.8) is 0 Å². The van der Waals surface area contributed by atoms with Gasteiger partial charge in [0, 0.05) is 32.8 Å². The van der Waals surface area contributed by atoms with E-state index in [4.69, 9.17) is 4.74 Å². The third-order valence-electron chi connectivity index (χ3n) is 2.21. The lowest BCUT2D eigenvalue weighted by Gasteiger charge is -2.24. The molecule has 0 bridgehead atoms. The maximum Gasteiger partial charge on any atom is 0.0477 e. The van der Waals surface area contributed by atoms with Crippen molar-refractivity contribution in [1.82, 2.24) is 10.2 Å². The zero-order valence-electron chi connectivity index (χ0n) is 8.76. The van der Waals surface area contributed by atoms with Gasteiger partial charge in [0.25, 0.3) is 0 Å². The van der Waals surface area contributed by atoms with E-state index in [1.54, 1.807) is 7.11 Å². The third-order valence-corrected chi connectivity index (χ3v) is 2.21. The van der Waals surface area contributed by atoms with Crippen molar-refractivity contribution in [2.75, 3.05) is 40.9 Å². The van der Waals surface area contributed by atoms with E-state index in [-0.39, 0.29) is 0 Å². The summed E-state index contributed by atoms with van der Waals surface area (Å²) in [6, 6.07) is 0.610. The molecule has 3 heteroatoms. The van der Waals surface area contributed by atoms with Gasteiger partial charge in [0.2, 0.25) is 0 Å². The van der Waals surface area contributed by atoms with Crippen molar-refractivity contribution in [2.45, 2.75) is 19.4 Å². The van der Waals surface area contributed by atoms with Crippen LogP contribution in [0.3, 0.4) is 0 Å². The summed E-state index contributed by atoms with van der Waals surface area (Å²) < 4.78 is 5.02. The SMILES string of the molecule is CNCCN(C)C(C)CCOC. The van der Waals surface area contributed by atoms with E-state index >= 15 is 0 Å². The molecule has 0 aromatic rings. The molecular weight excluding hydrogens is 152 g/mol. The Labute approximate surface area is 76.1 Å². The topological polar surface area (TPSA) is 24.5 Å². The Morgan fingerprint density at radius 2 is 2.17 bits per heavy atom. The van der Waals surface area contributed by atoms with Gasteiger partial charge in [-0.2, -0.15) is 0 Å². The Morgan fingerprint density at radius 1 is 1.50 bits per heavy atom. The molecule has 12 heavy (non-hydrogen) atoms. The van der Waals surface area contributed by atoms with E-state index in [9.17, 15) is 0 Å². The first-order chi connectivity index (χ1) is 5.72. The van der Waals surface area contributed by atoms with Crippen molar-refractivity contribution < 1.29 is 4.74 Å². The molecule has 3 nitrogen and oxygen atoms in total. The Bertz CT molecular complexity index is 86.5. The van der Waals surface area contributed by atoms with Crippen molar-refractivity contribution in [1.29, 1.82) is 0 Å². The second-order valence-electron chi connectivity index (χ2n) is 3.21. The van der Waals surface area contributed by atoms with E-state index in [2.05, 4.69) is 24.2 Å². The molecule has 74 valence electrons. The summed E-state index contributed by atoms with van der Waals surface area (Å²) in [6.45, 7) is 5.23. The Hall–Kier alpha value is -0.120. The van der Waals surface area contributed by atoms with Crippen molar-refractivity contribution >= 4 is 0 Å². The minimum absolute atomic E-state index is 0.610. The second kappa shape index (κ2) is 7.53. The zero-order chi connectivity index (χ0) is 9.40. The molecule has 0 aromatic carbocycles. The molecule has 0 spiro atoms. The largest absolute Gasteiger partial charge is 0.385 e. The van der Waals surface area contributed by atoms with E-state index in [1.807, 2.05) is 7.05 Å². The summed E-state index contributed by atoms with van der Waals surface area (Å²) in [5, 5.41) is 3.14. The van der Waals surface area contributed by atoms with Gasteiger partial charge >= 0.3 is 0 Å². The fourth-order valence-electron chi connectivity index (χ4n) is 1.02. The maximum atomic E-state index is 5.02. The van der Waals surface area contributed by atoms with Gasteiger partial charge in [-0.05, 0) is 27.4 Å². The lowest BCUT2D eigenvalue weighted by atomic mass is 10.2. The van der Waals surface area contributed by atoms with Crippen LogP contribution in [0.5, 0.6) is 0 Å². The average Bonchev–Trinajstić information content (AvgIpc) is 2.10. The molecule has 1 unspecified atom stereocenters. The van der Waals surface area contributed by atoms with E-state index < -0.39 is 0 Å². The molecule has 0 aliphatic heterocycles. The van der Waals surface area contributed by atoms with Gasteiger partial charge in [0.15, 0.2) is 0 Å². The second-order valence-corrected chi connectivity index (χ2v) is 3.21. The lowest BCUT2D eigenvalue weighted by Crippen LogP contribution is -2.35. The fraction of sp³-hybridized carbons (Fsp3) is 1.00. The summed E-state index contributed by atoms with van der Waals surface area (Å²) in [7, 11) is 5.88. The molecule has 0 rings (SSSR count). The standard InChI is InChI=1S/C9H22N2O/c1-9(5-8-12-4)11(3)7-6-10-2/h9-10H,5-8H2,1-4H3. The predicted octanol–water partition coefficient (Wildman–Crippen LogP) is 0.563. The summed E-state index contributed by atoms with van der Waals surface area (Å²) >= 11 is 0. The highest BCUT2D eigenvalue weighted by molar-refractivity contribution is 4.63. The van der Waals surface area contributed by atoms with Crippen LogP contribution in [-0.4, -0.2) is 51.8 Å². The number of hydrogen-bond acceptors (Lipinski definition) is 3. The number of rotatable bonds is 7. The van der Waals surface area contributed by atoms with E-state index in [0.717, 1.165) is 26.1 Å². The van der Waals surface area contributed by atoms with Crippen LogP contribution in [0, 0.1) is 0 Å². The number of nitrogens with one attached hydrogen (secondary N) is 1. The Morgan fingerprint density at radius 3 is 2.67 bits per heavy atom. The highest BCUT2D eigenvalue weighted by Gasteiger charge is 2.06. The van der Waals surface area contributed by atoms with Gasteiger partial charge in [-0.3, -0.25) is 0 Å². The molecule has 0 heterocycles. The van der Waals surface area contributed by atoms with Crippen molar-refractivity contribution in [3.05, 3.63) is 0 Å². The number of nitrogens with zero attached hydrogens (tertiary/aromatic N) is 1. The number of hydrogen-bond donors (Lipinski definition) is 1. The normalized spacial score (nSPS) is 13.8. The van der Waals surface area contributed by atoms with Crippen molar-refractivity contribution in [3.8, 4) is 0 Å². The molecule has 0 saturated carbocycles. The monoisotopic (exact) mass is 174 g/mol. The number of ether oxygens (including phenoxy) is 1. The van der Waals surface area contributed by atoms with Crippen LogP contribution in [0.1, 0.15) is 13.3 Å². The zero-order valence-corrected chi connectivity index (χ0v) is 8.76. The van der Waals surface area contributed by atoms with Gasteiger partial charge in [0.1, 0.15) is 0 Å². The van der Waals surface area contributed by atoms with Crippen molar-refractivity contribution in [2.24, 2.45) is 0 Å². The quantitative estimate of drug-likeness (QED) is 0.610. The predicted molar refractivity (Wildman–Crippen MR) is 52.5 cm³/mol. The summed E-state index contributed by atoms with van der Waals surface area (Å²) in [4.78, 5) is 2.34. The molecule has 0 radical (unpaired) electrons. The molecule has 0 aliphatic carbocycles. The lowest BCUT2D eigenvalue weighted by molar-refractivity contribution is 0.153. The van der Waals surface area contributed by atoms with Crippen LogP contribution in [0.2, 0.25) is 0 Å². The van der Waals surface area contributed by atoms with Crippen LogP contribution in [0.15, 0.2) is 0 Å². The van der Waals surface area contributed by atoms with Crippen LogP contribution in [-0.2, 0) is 4.74 Å². The molecular formula is C9H22N2O. The van der Waals surface area contributed by atoms with Gasteiger partial charge in [-0.15, -0.1) is 0 Å². The molecule has 0 aliphatic rings. The molecule has 0 amide bonds. The minimum atomic E-state index is 0.610. The number of methoxy groups -OCH3 is 1. The summed E-state index contributed by atoms with van der Waals surface area (Å²) in [5.41, 5.74) is 0. The average molecular weight is 174 g/mol. The third kappa shape index (κ3) is 5.52. The summed E-state index contributed by atoms with van der Waals surface area (Å²) in [5.74, 6) is 0. The fourth-order valence-corrected chi connectivity index (χ4v) is 1.02. The number of likely N-dealkylation sites (N-methyl/N-ethyl adjacent to an activating group) is 2. The van der Waals surface area contributed by atoms with Gasteiger partial charge in [-0.1, -0.05) is 0 Å². The molecule has 1 atom stereocenters. The first-order valence-electron chi connectivity index (χ1n) is 4.56. The Kier molecular flexibility index (Phi) is 7.45. The highest BCUT2D eigenvalue weighted by atomic mass is 16.5. The molecule has 0 fully saturated rings. The minimum Gasteiger partial charge on any atom is -0.385 e. The Balaban J connectivity index is 3.39. The maximum absolute atomic E-state index is 5.02. The van der Waals surface area contributed by atoms with Crippen LogP contribution in [0.25, 0.3) is 0 Å². The first kappa shape index (κ1) is 11.9. The molecule has 0 saturated heterocycles. The highest BCUT2D eigenvalue weighted by Crippen LogP contribution is 1.99. The molecule has 0 aromatic heterocycles. The van der Waals surface area contributed by atoms with Crippen LogP contribution < -0.4 is 5.32 Å².